The second-order valence-corrected chi connectivity index (χ2v) is 4.21. The number of pyridine rings is 1. The summed E-state index contributed by atoms with van der Waals surface area (Å²) < 4.78 is 5.73. The molecule has 3 nitrogen and oxygen atoms in total. The van der Waals surface area contributed by atoms with Crippen molar-refractivity contribution in [2.45, 2.75) is 6.92 Å². The van der Waals surface area contributed by atoms with Crippen LogP contribution >= 0.6 is 15.9 Å². The number of methoxy groups -OCH3 is 1. The number of H-pyrrole nitrogens is 1. The van der Waals surface area contributed by atoms with Gasteiger partial charge in [0.1, 0.15) is 5.75 Å². The molecule has 0 atom stereocenters. The van der Waals surface area contributed by atoms with E-state index in [1.807, 2.05) is 19.1 Å². The Kier molecular flexibility index (Phi) is 2.52. The van der Waals surface area contributed by atoms with Crippen LogP contribution in [0.15, 0.2) is 27.5 Å². The fourth-order valence-corrected chi connectivity index (χ4v) is 1.89. The molecule has 2 rings (SSSR count). The van der Waals surface area contributed by atoms with E-state index in [1.165, 1.54) is 0 Å². The van der Waals surface area contributed by atoms with Crippen molar-refractivity contribution in [3.05, 3.63) is 38.6 Å². The number of ether oxygens (including phenoxy) is 1. The third-order valence-electron chi connectivity index (χ3n) is 2.31. The van der Waals surface area contributed by atoms with Gasteiger partial charge in [-0.15, -0.1) is 0 Å². The molecule has 0 spiro atoms. The number of nitrogens with one attached hydrogen (secondary N) is 1. The topological polar surface area (TPSA) is 42.1 Å². The van der Waals surface area contributed by atoms with Gasteiger partial charge in [-0.25, -0.2) is 0 Å². The zero-order valence-electron chi connectivity index (χ0n) is 8.43. The Morgan fingerprint density at radius 1 is 1.33 bits per heavy atom. The van der Waals surface area contributed by atoms with Crippen molar-refractivity contribution >= 4 is 26.8 Å². The average molecular weight is 268 g/mol. The molecule has 1 N–H and O–H groups in total. The largest absolute Gasteiger partial charge is 0.496 e. The summed E-state index contributed by atoms with van der Waals surface area (Å²) >= 11 is 3.20. The van der Waals surface area contributed by atoms with Crippen molar-refractivity contribution in [3.8, 4) is 5.75 Å². The van der Waals surface area contributed by atoms with Gasteiger partial charge in [-0.2, -0.15) is 0 Å². The van der Waals surface area contributed by atoms with Gasteiger partial charge in [-0.1, -0.05) is 0 Å². The first-order valence-corrected chi connectivity index (χ1v) is 5.28. The molecule has 1 aromatic heterocycles. The Bertz CT molecular complexity index is 575. The molecule has 2 aromatic rings. The van der Waals surface area contributed by atoms with Gasteiger partial charge in [-0.05, 0) is 45.9 Å². The number of hydrogen-bond donors (Lipinski definition) is 1. The van der Waals surface area contributed by atoms with Gasteiger partial charge < -0.3 is 9.72 Å². The molecule has 0 saturated carbocycles. The molecule has 0 aliphatic heterocycles. The van der Waals surface area contributed by atoms with Gasteiger partial charge in [0.05, 0.1) is 17.1 Å². The van der Waals surface area contributed by atoms with Crippen molar-refractivity contribution < 1.29 is 4.74 Å². The molecular formula is C11H10BrNO2. The fourth-order valence-electron chi connectivity index (χ4n) is 1.54. The maximum absolute atomic E-state index is 11.4. The van der Waals surface area contributed by atoms with Crippen molar-refractivity contribution in [2.24, 2.45) is 0 Å². The van der Waals surface area contributed by atoms with E-state index in [0.717, 1.165) is 22.2 Å². The van der Waals surface area contributed by atoms with Crippen LogP contribution in [0.25, 0.3) is 10.9 Å². The Morgan fingerprint density at radius 2 is 2.07 bits per heavy atom. The minimum absolute atomic E-state index is 0.131. The van der Waals surface area contributed by atoms with Gasteiger partial charge in [-0.3, -0.25) is 4.79 Å². The lowest BCUT2D eigenvalue weighted by atomic mass is 10.1. The summed E-state index contributed by atoms with van der Waals surface area (Å²) in [6.45, 7) is 1.97. The molecule has 0 radical (unpaired) electrons. The molecule has 0 saturated heterocycles. The van der Waals surface area contributed by atoms with Gasteiger partial charge in [0.25, 0.3) is 5.56 Å². The summed E-state index contributed by atoms with van der Waals surface area (Å²) in [6, 6.07) is 5.62. The second kappa shape index (κ2) is 3.70. The number of aromatic nitrogens is 1. The standard InChI is InChI=1S/C11H10BrNO2/c1-6-3-7-4-8(12)11(14)13-9(7)5-10(6)15-2/h3-5H,1-2H3,(H,13,14). The number of halogens is 1. The van der Waals surface area contributed by atoms with Crippen LogP contribution in [0.4, 0.5) is 0 Å². The molecule has 0 aliphatic rings. The smallest absolute Gasteiger partial charge is 0.262 e. The zero-order valence-corrected chi connectivity index (χ0v) is 10.0. The second-order valence-electron chi connectivity index (χ2n) is 3.36. The summed E-state index contributed by atoms with van der Waals surface area (Å²) in [7, 11) is 1.62. The lowest BCUT2D eigenvalue weighted by Gasteiger charge is -2.06. The van der Waals surface area contributed by atoms with Crippen LogP contribution < -0.4 is 10.3 Å². The fraction of sp³-hybridized carbons (Fsp3) is 0.182. The summed E-state index contributed by atoms with van der Waals surface area (Å²) in [5, 5.41) is 0.986. The number of rotatable bonds is 1. The molecule has 15 heavy (non-hydrogen) atoms. The molecule has 1 heterocycles. The predicted molar refractivity (Wildman–Crippen MR) is 63.6 cm³/mol. The quantitative estimate of drug-likeness (QED) is 0.863. The molecule has 0 bridgehead atoms. The van der Waals surface area contributed by atoms with Gasteiger partial charge >= 0.3 is 0 Å². The van der Waals surface area contributed by atoms with Crippen LogP contribution in [0.5, 0.6) is 5.75 Å². The molecule has 1 aromatic carbocycles. The molecule has 0 unspecified atom stereocenters. The summed E-state index contributed by atoms with van der Waals surface area (Å²) in [5.41, 5.74) is 1.70. The SMILES string of the molecule is COc1cc2[nH]c(=O)c(Br)cc2cc1C. The van der Waals surface area contributed by atoms with Crippen LogP contribution in [0.3, 0.4) is 0 Å². The molecular weight excluding hydrogens is 258 g/mol. The average Bonchev–Trinajstić information content (AvgIpc) is 2.20. The number of fused-ring (bicyclic) bond motifs is 1. The van der Waals surface area contributed by atoms with Crippen molar-refractivity contribution in [3.63, 3.8) is 0 Å². The maximum Gasteiger partial charge on any atom is 0.262 e. The molecule has 78 valence electrons. The van der Waals surface area contributed by atoms with Crippen LogP contribution in [0.2, 0.25) is 0 Å². The number of aryl methyl sites for hydroxylation is 1. The van der Waals surface area contributed by atoms with Crippen LogP contribution in [0.1, 0.15) is 5.56 Å². The zero-order chi connectivity index (χ0) is 11.0. The Labute approximate surface area is 95.2 Å². The Hall–Kier alpha value is -1.29. The highest BCUT2D eigenvalue weighted by atomic mass is 79.9. The predicted octanol–water partition coefficient (Wildman–Crippen LogP) is 2.61. The van der Waals surface area contributed by atoms with Crippen LogP contribution in [0, 0.1) is 6.92 Å². The van der Waals surface area contributed by atoms with Crippen molar-refractivity contribution in [1.29, 1.82) is 0 Å². The summed E-state index contributed by atoms with van der Waals surface area (Å²) in [5.74, 6) is 0.778. The monoisotopic (exact) mass is 267 g/mol. The van der Waals surface area contributed by atoms with E-state index in [2.05, 4.69) is 20.9 Å². The molecule has 0 aliphatic carbocycles. The van der Waals surface area contributed by atoms with E-state index in [1.54, 1.807) is 13.2 Å². The minimum atomic E-state index is -0.131. The van der Waals surface area contributed by atoms with Crippen molar-refractivity contribution in [1.82, 2.24) is 4.98 Å². The third kappa shape index (κ3) is 1.77. The van der Waals surface area contributed by atoms with E-state index < -0.39 is 0 Å². The highest BCUT2D eigenvalue weighted by Gasteiger charge is 2.04. The molecule has 0 fully saturated rings. The van der Waals surface area contributed by atoms with Gasteiger partial charge in [0.2, 0.25) is 0 Å². The lowest BCUT2D eigenvalue weighted by Crippen LogP contribution is -2.06. The normalized spacial score (nSPS) is 10.6. The summed E-state index contributed by atoms with van der Waals surface area (Å²) in [4.78, 5) is 14.2. The number of aromatic amines is 1. The number of benzene rings is 1. The van der Waals surface area contributed by atoms with E-state index in [9.17, 15) is 4.79 Å². The first kappa shape index (κ1) is 10.2. The minimum Gasteiger partial charge on any atom is -0.496 e. The van der Waals surface area contributed by atoms with Gasteiger partial charge in [0, 0.05) is 6.07 Å². The van der Waals surface area contributed by atoms with Crippen molar-refractivity contribution in [2.75, 3.05) is 7.11 Å². The Morgan fingerprint density at radius 3 is 2.73 bits per heavy atom. The van der Waals surface area contributed by atoms with E-state index in [4.69, 9.17) is 4.74 Å². The van der Waals surface area contributed by atoms with Crippen LogP contribution in [-0.2, 0) is 0 Å². The van der Waals surface area contributed by atoms with Gasteiger partial charge in [0.15, 0.2) is 0 Å². The Balaban J connectivity index is 2.82. The highest BCUT2D eigenvalue weighted by molar-refractivity contribution is 9.10. The van der Waals surface area contributed by atoms with E-state index in [0.29, 0.717) is 4.47 Å². The lowest BCUT2D eigenvalue weighted by molar-refractivity contribution is 0.412. The third-order valence-corrected chi connectivity index (χ3v) is 2.90. The van der Waals surface area contributed by atoms with E-state index in [-0.39, 0.29) is 5.56 Å². The van der Waals surface area contributed by atoms with E-state index >= 15 is 0 Å². The summed E-state index contributed by atoms with van der Waals surface area (Å²) in [6.07, 6.45) is 0. The first-order valence-electron chi connectivity index (χ1n) is 4.49. The molecule has 4 heteroatoms. The first-order chi connectivity index (χ1) is 7.11. The highest BCUT2D eigenvalue weighted by Crippen LogP contribution is 2.24. The molecule has 0 amide bonds. The number of hydrogen-bond acceptors (Lipinski definition) is 2. The van der Waals surface area contributed by atoms with Crippen LogP contribution in [-0.4, -0.2) is 12.1 Å². The maximum atomic E-state index is 11.4.